The van der Waals surface area contributed by atoms with Crippen molar-refractivity contribution in [3.05, 3.63) is 0 Å². The van der Waals surface area contributed by atoms with Crippen LogP contribution in [0.5, 0.6) is 0 Å². The molecule has 0 aromatic rings. The molecule has 0 unspecified atom stereocenters. The molecular formula is C13H25NO3. The third-order valence-corrected chi connectivity index (χ3v) is 3.15. The van der Waals surface area contributed by atoms with Gasteiger partial charge in [-0.2, -0.15) is 0 Å². The minimum atomic E-state index is -0.833. The van der Waals surface area contributed by atoms with Gasteiger partial charge >= 0.3 is 5.97 Å². The molecule has 0 spiro atoms. The highest BCUT2D eigenvalue weighted by molar-refractivity contribution is 5.77. The molecule has 0 saturated carbocycles. The second-order valence-electron chi connectivity index (χ2n) is 4.36. The molecule has 0 rings (SSSR count). The van der Waals surface area contributed by atoms with E-state index >= 15 is 0 Å². The number of hydrogen-bond acceptors (Lipinski definition) is 2. The lowest BCUT2D eigenvalue weighted by Crippen LogP contribution is -2.35. The maximum Gasteiger partial charge on any atom is 0.303 e. The third kappa shape index (κ3) is 6.97. The summed E-state index contributed by atoms with van der Waals surface area (Å²) >= 11 is 0. The van der Waals surface area contributed by atoms with Crippen LogP contribution in [-0.2, 0) is 9.59 Å². The Bertz CT molecular complexity index is 237. The number of amides is 1. The summed E-state index contributed by atoms with van der Waals surface area (Å²) in [6.45, 7) is 7.75. The quantitative estimate of drug-likeness (QED) is 0.677. The van der Waals surface area contributed by atoms with Crippen LogP contribution in [0.25, 0.3) is 0 Å². The molecular weight excluding hydrogens is 218 g/mol. The Kier molecular flexibility index (Phi) is 8.46. The summed E-state index contributed by atoms with van der Waals surface area (Å²) in [6, 6.07) is 0. The van der Waals surface area contributed by atoms with Crippen LogP contribution in [0.15, 0.2) is 0 Å². The number of rotatable bonds is 9. The molecule has 0 heterocycles. The molecule has 17 heavy (non-hydrogen) atoms. The van der Waals surface area contributed by atoms with Gasteiger partial charge in [-0.25, -0.2) is 0 Å². The van der Waals surface area contributed by atoms with Gasteiger partial charge < -0.3 is 10.0 Å². The van der Waals surface area contributed by atoms with Crippen LogP contribution >= 0.6 is 0 Å². The van der Waals surface area contributed by atoms with Gasteiger partial charge in [0.05, 0.1) is 0 Å². The molecule has 4 nitrogen and oxygen atoms in total. The van der Waals surface area contributed by atoms with Crippen LogP contribution < -0.4 is 0 Å². The van der Waals surface area contributed by atoms with Crippen molar-refractivity contribution in [1.29, 1.82) is 0 Å². The second kappa shape index (κ2) is 9.02. The summed E-state index contributed by atoms with van der Waals surface area (Å²) in [5.41, 5.74) is 0. The van der Waals surface area contributed by atoms with Gasteiger partial charge in [-0.05, 0) is 19.3 Å². The van der Waals surface area contributed by atoms with Crippen molar-refractivity contribution in [3.8, 4) is 0 Å². The smallest absolute Gasteiger partial charge is 0.303 e. The minimum Gasteiger partial charge on any atom is -0.481 e. The molecule has 0 aliphatic carbocycles. The SMILES string of the molecule is CCC(CC)CN(CC)C(=O)CCCC(=O)O. The monoisotopic (exact) mass is 243 g/mol. The number of carbonyl (C=O) groups is 2. The average Bonchev–Trinajstić information content (AvgIpc) is 2.30. The zero-order valence-electron chi connectivity index (χ0n) is 11.2. The van der Waals surface area contributed by atoms with E-state index in [9.17, 15) is 9.59 Å². The van der Waals surface area contributed by atoms with E-state index in [0.29, 0.717) is 25.3 Å². The van der Waals surface area contributed by atoms with Crippen molar-refractivity contribution < 1.29 is 14.7 Å². The first-order valence-corrected chi connectivity index (χ1v) is 6.54. The molecule has 1 amide bonds. The number of hydrogen-bond donors (Lipinski definition) is 1. The van der Waals surface area contributed by atoms with Gasteiger partial charge in [-0.1, -0.05) is 26.7 Å². The van der Waals surface area contributed by atoms with Crippen LogP contribution in [-0.4, -0.2) is 35.0 Å². The lowest BCUT2D eigenvalue weighted by molar-refractivity contribution is -0.137. The summed E-state index contributed by atoms with van der Waals surface area (Å²) in [6.07, 6.45) is 3.02. The van der Waals surface area contributed by atoms with Gasteiger partial charge in [-0.15, -0.1) is 0 Å². The normalized spacial score (nSPS) is 10.6. The molecule has 100 valence electrons. The summed E-state index contributed by atoms with van der Waals surface area (Å²) in [5.74, 6) is -0.195. The Labute approximate surface area is 104 Å². The number of carbonyl (C=O) groups excluding carboxylic acids is 1. The largest absolute Gasteiger partial charge is 0.481 e. The van der Waals surface area contributed by atoms with Crippen LogP contribution in [0.2, 0.25) is 0 Å². The highest BCUT2D eigenvalue weighted by atomic mass is 16.4. The van der Waals surface area contributed by atoms with E-state index < -0.39 is 5.97 Å². The van der Waals surface area contributed by atoms with Crippen molar-refractivity contribution in [1.82, 2.24) is 4.90 Å². The number of carboxylic acid groups (broad SMARTS) is 1. The Balaban J connectivity index is 4.07. The first kappa shape index (κ1) is 15.9. The fraction of sp³-hybridized carbons (Fsp3) is 0.846. The molecule has 0 aromatic heterocycles. The van der Waals surface area contributed by atoms with E-state index in [1.807, 2.05) is 11.8 Å². The van der Waals surface area contributed by atoms with Gasteiger partial charge in [0.1, 0.15) is 0 Å². The van der Waals surface area contributed by atoms with E-state index in [1.54, 1.807) is 0 Å². The van der Waals surface area contributed by atoms with Gasteiger partial charge in [0.2, 0.25) is 5.91 Å². The maximum atomic E-state index is 11.9. The Hall–Kier alpha value is -1.06. The van der Waals surface area contributed by atoms with Gasteiger partial charge in [0, 0.05) is 25.9 Å². The van der Waals surface area contributed by atoms with E-state index in [0.717, 1.165) is 19.4 Å². The fourth-order valence-corrected chi connectivity index (χ4v) is 1.81. The van der Waals surface area contributed by atoms with Crippen LogP contribution in [0, 0.1) is 5.92 Å². The van der Waals surface area contributed by atoms with Crippen LogP contribution in [0.1, 0.15) is 52.9 Å². The highest BCUT2D eigenvalue weighted by Crippen LogP contribution is 2.11. The van der Waals surface area contributed by atoms with Crippen molar-refractivity contribution in [3.63, 3.8) is 0 Å². The highest BCUT2D eigenvalue weighted by Gasteiger charge is 2.15. The minimum absolute atomic E-state index is 0.0777. The first-order chi connectivity index (χ1) is 8.04. The predicted octanol–water partition coefficient (Wildman–Crippen LogP) is 2.53. The van der Waals surface area contributed by atoms with E-state index in [1.165, 1.54) is 0 Å². The molecule has 4 heteroatoms. The zero-order chi connectivity index (χ0) is 13.3. The molecule has 0 fully saturated rings. The Morgan fingerprint density at radius 2 is 1.71 bits per heavy atom. The number of carboxylic acids is 1. The lowest BCUT2D eigenvalue weighted by Gasteiger charge is -2.25. The molecule has 0 aliphatic heterocycles. The molecule has 0 aliphatic rings. The second-order valence-corrected chi connectivity index (χ2v) is 4.36. The van der Waals surface area contributed by atoms with E-state index in [-0.39, 0.29) is 12.3 Å². The number of nitrogens with zero attached hydrogens (tertiary/aromatic N) is 1. The van der Waals surface area contributed by atoms with Crippen molar-refractivity contribution >= 4 is 11.9 Å². The molecule has 0 radical (unpaired) electrons. The zero-order valence-corrected chi connectivity index (χ0v) is 11.2. The average molecular weight is 243 g/mol. The summed E-state index contributed by atoms with van der Waals surface area (Å²) in [4.78, 5) is 24.1. The summed E-state index contributed by atoms with van der Waals surface area (Å²) in [5, 5.41) is 8.52. The van der Waals surface area contributed by atoms with Gasteiger partial charge in [-0.3, -0.25) is 9.59 Å². The molecule has 0 atom stereocenters. The fourth-order valence-electron chi connectivity index (χ4n) is 1.81. The summed E-state index contributed by atoms with van der Waals surface area (Å²) in [7, 11) is 0. The van der Waals surface area contributed by atoms with Crippen LogP contribution in [0.4, 0.5) is 0 Å². The molecule has 1 N–H and O–H groups in total. The predicted molar refractivity (Wildman–Crippen MR) is 67.8 cm³/mol. The first-order valence-electron chi connectivity index (χ1n) is 6.54. The Morgan fingerprint density at radius 1 is 1.12 bits per heavy atom. The van der Waals surface area contributed by atoms with Gasteiger partial charge in [0.25, 0.3) is 0 Å². The lowest BCUT2D eigenvalue weighted by atomic mass is 10.0. The molecule has 0 bridgehead atoms. The van der Waals surface area contributed by atoms with Gasteiger partial charge in [0.15, 0.2) is 0 Å². The molecule has 0 saturated heterocycles. The summed E-state index contributed by atoms with van der Waals surface area (Å²) < 4.78 is 0. The third-order valence-electron chi connectivity index (χ3n) is 3.15. The number of aliphatic carboxylic acids is 1. The van der Waals surface area contributed by atoms with E-state index in [2.05, 4.69) is 13.8 Å². The van der Waals surface area contributed by atoms with Crippen molar-refractivity contribution in [2.24, 2.45) is 5.92 Å². The van der Waals surface area contributed by atoms with Crippen LogP contribution in [0.3, 0.4) is 0 Å². The maximum absolute atomic E-state index is 11.9. The Morgan fingerprint density at radius 3 is 2.12 bits per heavy atom. The standard InChI is InChI=1S/C13H25NO3/c1-4-11(5-2)10-14(6-3)12(15)8-7-9-13(16)17/h11H,4-10H2,1-3H3,(H,16,17). The van der Waals surface area contributed by atoms with E-state index in [4.69, 9.17) is 5.11 Å². The van der Waals surface area contributed by atoms with Crippen molar-refractivity contribution in [2.75, 3.05) is 13.1 Å². The topological polar surface area (TPSA) is 57.6 Å². The molecule has 0 aromatic carbocycles. The van der Waals surface area contributed by atoms with Crippen molar-refractivity contribution in [2.45, 2.75) is 52.9 Å².